The number of halogens is 4. The maximum atomic E-state index is 14.9. The summed E-state index contributed by atoms with van der Waals surface area (Å²) in [7, 11) is 0. The van der Waals surface area contributed by atoms with Crippen LogP contribution in [0, 0.1) is 18.6 Å². The zero-order chi connectivity index (χ0) is 23.7. The van der Waals surface area contributed by atoms with Gasteiger partial charge in [-0.1, -0.05) is 23.2 Å². The second kappa shape index (κ2) is 9.38. The van der Waals surface area contributed by atoms with Gasteiger partial charge in [-0.05, 0) is 43.3 Å². The molecule has 4 rings (SSSR count). The van der Waals surface area contributed by atoms with Gasteiger partial charge in [-0.15, -0.1) is 11.3 Å². The molecule has 0 radical (unpaired) electrons. The van der Waals surface area contributed by atoms with Crippen LogP contribution in [0.1, 0.15) is 31.4 Å². The Kier molecular flexibility index (Phi) is 6.55. The predicted molar refractivity (Wildman–Crippen MR) is 121 cm³/mol. The van der Waals surface area contributed by atoms with E-state index in [1.54, 1.807) is 18.2 Å². The number of imide groups is 1. The van der Waals surface area contributed by atoms with Crippen LogP contribution in [-0.2, 0) is 6.61 Å². The summed E-state index contributed by atoms with van der Waals surface area (Å²) in [4.78, 5) is 33.2. The number of aromatic nitrogens is 2. The highest BCUT2D eigenvalue weighted by molar-refractivity contribution is 7.18. The molecule has 0 unspecified atom stereocenters. The van der Waals surface area contributed by atoms with Gasteiger partial charge in [0, 0.05) is 11.2 Å². The van der Waals surface area contributed by atoms with Crippen LogP contribution < -0.4 is 10.1 Å². The van der Waals surface area contributed by atoms with Crippen molar-refractivity contribution in [3.8, 4) is 5.75 Å². The Morgan fingerprint density at radius 2 is 1.85 bits per heavy atom. The molecule has 0 saturated heterocycles. The van der Waals surface area contributed by atoms with Crippen molar-refractivity contribution in [3.05, 3.63) is 86.1 Å². The van der Waals surface area contributed by atoms with Crippen LogP contribution in [0.5, 0.6) is 5.75 Å². The van der Waals surface area contributed by atoms with Gasteiger partial charge in [0.05, 0.1) is 26.5 Å². The molecule has 2 amide bonds. The Balaban J connectivity index is 1.54. The second-order valence-corrected chi connectivity index (χ2v) is 8.74. The molecule has 2 aromatic carbocycles. The summed E-state index contributed by atoms with van der Waals surface area (Å²) in [6.45, 7) is 1.39. The Morgan fingerprint density at radius 1 is 1.09 bits per heavy atom. The lowest BCUT2D eigenvalue weighted by molar-refractivity contribution is 0.0843. The molecule has 0 saturated carbocycles. The van der Waals surface area contributed by atoms with Crippen molar-refractivity contribution in [2.24, 2.45) is 0 Å². The molecule has 0 aliphatic heterocycles. The first-order chi connectivity index (χ1) is 15.7. The van der Waals surface area contributed by atoms with Gasteiger partial charge in [0.2, 0.25) is 0 Å². The number of carbonyl (C=O) groups is 2. The van der Waals surface area contributed by atoms with Crippen LogP contribution in [-0.4, -0.2) is 21.8 Å². The van der Waals surface area contributed by atoms with Gasteiger partial charge in [0.1, 0.15) is 23.0 Å². The van der Waals surface area contributed by atoms with E-state index < -0.39 is 29.0 Å². The topological polar surface area (TPSA) is 81.2 Å². The SMILES string of the molecule is Cc1nccc(Cl)c1C(=O)NC(=O)c1c(F)ccc(OCc2nc3cc(Cl)ccc3s2)c1F. The minimum Gasteiger partial charge on any atom is -0.483 e. The molecule has 0 atom stereocenters. The van der Waals surface area contributed by atoms with Crippen LogP contribution in [0.15, 0.2) is 42.6 Å². The number of aryl methyl sites for hydroxylation is 1. The van der Waals surface area contributed by atoms with E-state index in [1.807, 2.05) is 5.32 Å². The van der Waals surface area contributed by atoms with Gasteiger partial charge in [-0.2, -0.15) is 0 Å². The van der Waals surface area contributed by atoms with Crippen LogP contribution in [0.4, 0.5) is 8.78 Å². The normalized spacial score (nSPS) is 10.9. The molecule has 4 aromatic rings. The maximum Gasteiger partial charge on any atom is 0.264 e. The van der Waals surface area contributed by atoms with Gasteiger partial charge in [0.15, 0.2) is 11.6 Å². The van der Waals surface area contributed by atoms with Gasteiger partial charge >= 0.3 is 0 Å². The third-order valence-electron chi connectivity index (χ3n) is 4.57. The average molecular weight is 508 g/mol. The molecule has 0 bridgehead atoms. The van der Waals surface area contributed by atoms with Crippen LogP contribution >= 0.6 is 34.5 Å². The number of pyridine rings is 1. The van der Waals surface area contributed by atoms with Crippen molar-refractivity contribution in [1.29, 1.82) is 0 Å². The molecule has 6 nitrogen and oxygen atoms in total. The van der Waals surface area contributed by atoms with Crippen molar-refractivity contribution in [3.63, 3.8) is 0 Å². The van der Waals surface area contributed by atoms with E-state index >= 15 is 0 Å². The van der Waals surface area contributed by atoms with Gasteiger partial charge in [-0.3, -0.25) is 19.9 Å². The summed E-state index contributed by atoms with van der Waals surface area (Å²) in [6.07, 6.45) is 1.39. The van der Waals surface area contributed by atoms with Crippen molar-refractivity contribution in [1.82, 2.24) is 15.3 Å². The lowest BCUT2D eigenvalue weighted by Crippen LogP contribution is -2.32. The molecule has 2 heterocycles. The fourth-order valence-electron chi connectivity index (χ4n) is 3.04. The first-order valence-corrected chi connectivity index (χ1v) is 10.9. The highest BCUT2D eigenvalue weighted by atomic mass is 35.5. The Labute approximate surface area is 200 Å². The zero-order valence-electron chi connectivity index (χ0n) is 16.8. The Morgan fingerprint density at radius 3 is 2.61 bits per heavy atom. The summed E-state index contributed by atoms with van der Waals surface area (Å²) >= 11 is 13.3. The van der Waals surface area contributed by atoms with Crippen molar-refractivity contribution in [2.45, 2.75) is 13.5 Å². The quantitative estimate of drug-likeness (QED) is 0.348. The first-order valence-electron chi connectivity index (χ1n) is 9.37. The highest BCUT2D eigenvalue weighted by Crippen LogP contribution is 2.28. The summed E-state index contributed by atoms with van der Waals surface area (Å²) in [5.74, 6) is -5.00. The number of ether oxygens (including phenoxy) is 1. The number of hydrogen-bond donors (Lipinski definition) is 1. The van der Waals surface area contributed by atoms with E-state index in [0.717, 1.165) is 16.8 Å². The van der Waals surface area contributed by atoms with E-state index in [4.69, 9.17) is 27.9 Å². The first kappa shape index (κ1) is 23.0. The average Bonchev–Trinajstić information content (AvgIpc) is 3.15. The number of hydrogen-bond acceptors (Lipinski definition) is 6. The maximum absolute atomic E-state index is 14.9. The minimum atomic E-state index is -1.28. The molecule has 2 aromatic heterocycles. The monoisotopic (exact) mass is 507 g/mol. The summed E-state index contributed by atoms with van der Waals surface area (Å²) in [5, 5.41) is 3.04. The molecule has 33 heavy (non-hydrogen) atoms. The fraction of sp³-hybridized carbons (Fsp3) is 0.0909. The molecule has 0 aliphatic carbocycles. The van der Waals surface area contributed by atoms with Gasteiger partial charge < -0.3 is 4.74 Å². The summed E-state index contributed by atoms with van der Waals surface area (Å²) in [6, 6.07) is 8.49. The van der Waals surface area contributed by atoms with Crippen molar-refractivity contribution >= 4 is 56.6 Å². The Bertz CT molecular complexity index is 1390. The molecule has 0 spiro atoms. The number of thiazole rings is 1. The minimum absolute atomic E-state index is 0.0444. The van der Waals surface area contributed by atoms with E-state index in [-0.39, 0.29) is 28.6 Å². The largest absolute Gasteiger partial charge is 0.483 e. The molecule has 168 valence electrons. The molecular weight excluding hydrogens is 495 g/mol. The highest BCUT2D eigenvalue weighted by Gasteiger charge is 2.25. The number of benzene rings is 2. The molecule has 11 heteroatoms. The summed E-state index contributed by atoms with van der Waals surface area (Å²) in [5.41, 5.74) is -0.122. The number of fused-ring (bicyclic) bond motifs is 1. The fourth-order valence-corrected chi connectivity index (χ4v) is 4.34. The second-order valence-electron chi connectivity index (χ2n) is 6.78. The lowest BCUT2D eigenvalue weighted by atomic mass is 10.1. The van der Waals surface area contributed by atoms with Crippen molar-refractivity contribution in [2.75, 3.05) is 0 Å². The van der Waals surface area contributed by atoms with Gasteiger partial charge in [0.25, 0.3) is 11.8 Å². The van der Waals surface area contributed by atoms with Crippen LogP contribution in [0.25, 0.3) is 10.2 Å². The molecule has 1 N–H and O–H groups in total. The predicted octanol–water partition coefficient (Wildman–Crippen LogP) is 5.73. The third-order valence-corrected chi connectivity index (χ3v) is 6.13. The third kappa shape index (κ3) is 4.80. The Hall–Kier alpha value is -3.14. The molecule has 0 aliphatic rings. The number of rotatable bonds is 5. The standard InChI is InChI=1S/C22H13Cl2F2N3O3S/c1-10-18(12(24)6-7-27-10)21(30)29-22(31)19-13(25)3-4-15(20(19)26)32-9-17-28-14-8-11(23)2-5-16(14)33-17/h2-8H,9H2,1H3,(H,29,30,31). The van der Waals surface area contributed by atoms with Crippen LogP contribution in [0.3, 0.4) is 0 Å². The summed E-state index contributed by atoms with van der Waals surface area (Å²) < 4.78 is 35.5. The van der Waals surface area contributed by atoms with E-state index in [0.29, 0.717) is 15.5 Å². The van der Waals surface area contributed by atoms with E-state index in [1.165, 1.54) is 30.5 Å². The zero-order valence-corrected chi connectivity index (χ0v) is 19.1. The lowest BCUT2D eigenvalue weighted by Gasteiger charge is -2.11. The number of carbonyl (C=O) groups excluding carboxylic acids is 2. The molecule has 0 fully saturated rings. The number of nitrogens with zero attached hydrogens (tertiary/aromatic N) is 2. The van der Waals surface area contributed by atoms with Gasteiger partial charge in [-0.25, -0.2) is 13.8 Å². The number of nitrogens with one attached hydrogen (secondary N) is 1. The van der Waals surface area contributed by atoms with Crippen molar-refractivity contribution < 1.29 is 23.1 Å². The van der Waals surface area contributed by atoms with E-state index in [2.05, 4.69) is 9.97 Å². The van der Waals surface area contributed by atoms with Crippen LogP contribution in [0.2, 0.25) is 10.0 Å². The molecular formula is C22H13Cl2F2N3O3S. The van der Waals surface area contributed by atoms with E-state index in [9.17, 15) is 18.4 Å². The smallest absolute Gasteiger partial charge is 0.264 e. The number of amides is 2.